The number of nitrogens with one attached hydrogen (secondary N) is 2. The molecule has 156 valence electrons. The molecule has 2 aromatic heterocycles. The van der Waals surface area contributed by atoms with Gasteiger partial charge in [0.2, 0.25) is 11.8 Å². The minimum atomic E-state index is -0.340. The molecule has 2 N–H and O–H groups in total. The number of nitrogens with zero attached hydrogens (tertiary/aromatic N) is 3. The van der Waals surface area contributed by atoms with Crippen molar-refractivity contribution in [1.82, 2.24) is 20.3 Å². The number of pyridine rings is 1. The maximum atomic E-state index is 11.8. The number of hydrogen-bond acceptors (Lipinski definition) is 7. The Labute approximate surface area is 171 Å². The standard InChI is InChI=1S/C21H29N5O3/c1-16-8-6-9-17-14-23-20(24-15-17)26-18-10-7-11-19(25-18)28-13-5-3-2-4-12-22-21(27)29-16/h7,10-11,14-16H,2-6,8-9,12-13H2,1H3,(H,22,27)(H,23,24,25,26)/t16-/m1/s1. The minimum Gasteiger partial charge on any atom is -0.478 e. The largest absolute Gasteiger partial charge is 0.478 e. The van der Waals surface area contributed by atoms with Gasteiger partial charge in [0.25, 0.3) is 0 Å². The number of hydrogen-bond donors (Lipinski definition) is 2. The third-order valence-corrected chi connectivity index (χ3v) is 4.64. The molecule has 4 bridgehead atoms. The molecule has 4 heterocycles. The van der Waals surface area contributed by atoms with Crippen LogP contribution in [-0.2, 0) is 11.2 Å². The van der Waals surface area contributed by atoms with Crippen LogP contribution in [0, 0.1) is 0 Å². The van der Waals surface area contributed by atoms with Crippen molar-refractivity contribution in [3.8, 4) is 5.88 Å². The van der Waals surface area contributed by atoms with Crippen molar-refractivity contribution in [3.63, 3.8) is 0 Å². The summed E-state index contributed by atoms with van der Waals surface area (Å²) in [6.07, 6.45) is 9.60. The van der Waals surface area contributed by atoms with E-state index in [4.69, 9.17) is 9.47 Å². The van der Waals surface area contributed by atoms with E-state index >= 15 is 0 Å². The number of carbonyl (C=O) groups excluding carboxylic acids is 1. The van der Waals surface area contributed by atoms with Crippen LogP contribution in [0.25, 0.3) is 0 Å². The van der Waals surface area contributed by atoms with Gasteiger partial charge in [-0.05, 0) is 50.7 Å². The van der Waals surface area contributed by atoms with Gasteiger partial charge in [-0.2, -0.15) is 4.98 Å². The van der Waals surface area contributed by atoms with E-state index in [0.717, 1.165) is 50.5 Å². The predicted octanol–water partition coefficient (Wildman–Crippen LogP) is 4.01. The van der Waals surface area contributed by atoms with Crippen molar-refractivity contribution >= 4 is 17.9 Å². The van der Waals surface area contributed by atoms with Crippen molar-refractivity contribution in [2.24, 2.45) is 0 Å². The first-order valence-corrected chi connectivity index (χ1v) is 10.3. The van der Waals surface area contributed by atoms with Gasteiger partial charge in [0.1, 0.15) is 11.9 Å². The van der Waals surface area contributed by atoms with E-state index in [1.54, 1.807) is 12.4 Å². The summed E-state index contributed by atoms with van der Waals surface area (Å²) < 4.78 is 11.1. The third kappa shape index (κ3) is 7.56. The average Bonchev–Trinajstić information content (AvgIpc) is 2.71. The summed E-state index contributed by atoms with van der Waals surface area (Å²) in [5.74, 6) is 1.72. The molecule has 4 rings (SSSR count). The van der Waals surface area contributed by atoms with Gasteiger partial charge in [0, 0.05) is 25.0 Å². The SMILES string of the molecule is C[C@@H]1CCCc2cnc(nc2)Nc2cccc(n2)OCCCCCCNC(=O)O1. The van der Waals surface area contributed by atoms with Crippen LogP contribution in [0.4, 0.5) is 16.6 Å². The predicted molar refractivity (Wildman–Crippen MR) is 110 cm³/mol. The second-order valence-electron chi connectivity index (χ2n) is 7.20. The molecular formula is C21H29N5O3. The summed E-state index contributed by atoms with van der Waals surface area (Å²) in [4.78, 5) is 25.0. The molecule has 29 heavy (non-hydrogen) atoms. The number of aromatic nitrogens is 3. The number of fused-ring (bicyclic) bond motifs is 15. The Bertz CT molecular complexity index is 769. The molecule has 0 radical (unpaired) electrons. The molecule has 0 fully saturated rings. The zero-order valence-electron chi connectivity index (χ0n) is 16.9. The van der Waals surface area contributed by atoms with Gasteiger partial charge in [-0.25, -0.2) is 14.8 Å². The van der Waals surface area contributed by atoms with Gasteiger partial charge >= 0.3 is 6.09 Å². The molecule has 0 saturated heterocycles. The van der Waals surface area contributed by atoms with Gasteiger partial charge < -0.3 is 20.1 Å². The van der Waals surface area contributed by atoms with E-state index in [0.29, 0.717) is 30.8 Å². The first kappa shape index (κ1) is 20.8. The monoisotopic (exact) mass is 399 g/mol. The van der Waals surface area contributed by atoms with Crippen molar-refractivity contribution in [2.75, 3.05) is 18.5 Å². The normalized spacial score (nSPS) is 19.5. The molecule has 0 saturated carbocycles. The number of amides is 1. The number of anilines is 2. The molecule has 8 heteroatoms. The lowest BCUT2D eigenvalue weighted by Gasteiger charge is -2.14. The van der Waals surface area contributed by atoms with Crippen LogP contribution in [0.3, 0.4) is 0 Å². The second kappa shape index (κ2) is 11.2. The number of carbonyl (C=O) groups is 1. The van der Waals surface area contributed by atoms with Crippen molar-refractivity contribution < 1.29 is 14.3 Å². The minimum absolute atomic E-state index is 0.120. The smallest absolute Gasteiger partial charge is 0.407 e. The maximum Gasteiger partial charge on any atom is 0.407 e. The van der Waals surface area contributed by atoms with Crippen LogP contribution >= 0.6 is 0 Å². The van der Waals surface area contributed by atoms with E-state index in [-0.39, 0.29) is 12.2 Å². The summed E-state index contributed by atoms with van der Waals surface area (Å²) in [6, 6.07) is 5.59. The molecule has 0 spiro atoms. The highest BCUT2D eigenvalue weighted by Gasteiger charge is 2.09. The summed E-state index contributed by atoms with van der Waals surface area (Å²) in [5, 5.41) is 5.93. The van der Waals surface area contributed by atoms with Gasteiger partial charge in [-0.3, -0.25) is 0 Å². The second-order valence-corrected chi connectivity index (χ2v) is 7.20. The van der Waals surface area contributed by atoms with Gasteiger partial charge in [0.05, 0.1) is 6.61 Å². The first-order chi connectivity index (χ1) is 14.2. The van der Waals surface area contributed by atoms with Crippen molar-refractivity contribution in [3.05, 3.63) is 36.2 Å². The van der Waals surface area contributed by atoms with Crippen LogP contribution in [0.15, 0.2) is 30.6 Å². The summed E-state index contributed by atoms with van der Waals surface area (Å²) in [6.45, 7) is 3.16. The number of rotatable bonds is 0. The Morgan fingerprint density at radius 2 is 1.90 bits per heavy atom. The van der Waals surface area contributed by atoms with Crippen molar-refractivity contribution in [1.29, 1.82) is 0 Å². The van der Waals surface area contributed by atoms with E-state index < -0.39 is 0 Å². The Morgan fingerprint density at radius 3 is 2.76 bits per heavy atom. The topological polar surface area (TPSA) is 98.3 Å². The lowest BCUT2D eigenvalue weighted by atomic mass is 10.1. The quantitative estimate of drug-likeness (QED) is 0.691. The zero-order chi connectivity index (χ0) is 20.3. The number of ether oxygens (including phenoxy) is 2. The van der Waals surface area contributed by atoms with E-state index in [1.807, 2.05) is 25.1 Å². The van der Waals surface area contributed by atoms with Crippen LogP contribution in [0.1, 0.15) is 51.0 Å². The van der Waals surface area contributed by atoms with Crippen LogP contribution in [0.5, 0.6) is 5.88 Å². The molecule has 0 unspecified atom stereocenters. The van der Waals surface area contributed by atoms with Crippen LogP contribution in [-0.4, -0.2) is 40.3 Å². The molecule has 8 nitrogen and oxygen atoms in total. The lowest BCUT2D eigenvalue weighted by molar-refractivity contribution is 0.101. The maximum absolute atomic E-state index is 11.8. The highest BCUT2D eigenvalue weighted by molar-refractivity contribution is 5.67. The molecule has 1 atom stereocenters. The average molecular weight is 399 g/mol. The fourth-order valence-electron chi connectivity index (χ4n) is 3.05. The fraction of sp³-hybridized carbons (Fsp3) is 0.524. The van der Waals surface area contributed by atoms with E-state index in [9.17, 15) is 4.79 Å². The summed E-state index contributed by atoms with van der Waals surface area (Å²) in [5.41, 5.74) is 1.04. The number of alkyl carbamates (subject to hydrolysis) is 1. The zero-order valence-corrected chi connectivity index (χ0v) is 16.9. The Morgan fingerprint density at radius 1 is 1.07 bits per heavy atom. The Hall–Kier alpha value is -2.90. The van der Waals surface area contributed by atoms with E-state index in [1.165, 1.54) is 0 Å². The van der Waals surface area contributed by atoms with Gasteiger partial charge in [-0.15, -0.1) is 0 Å². The Kier molecular flexibility index (Phi) is 8.03. The molecule has 1 amide bonds. The molecule has 2 aliphatic rings. The molecule has 0 aromatic carbocycles. The van der Waals surface area contributed by atoms with Gasteiger partial charge in [-0.1, -0.05) is 18.9 Å². The molecular weight excluding hydrogens is 370 g/mol. The highest BCUT2D eigenvalue weighted by Crippen LogP contribution is 2.16. The third-order valence-electron chi connectivity index (χ3n) is 4.64. The first-order valence-electron chi connectivity index (χ1n) is 10.3. The van der Waals surface area contributed by atoms with Crippen LogP contribution in [0.2, 0.25) is 0 Å². The number of aryl methyl sites for hydroxylation is 1. The van der Waals surface area contributed by atoms with E-state index in [2.05, 4.69) is 25.6 Å². The Balaban J connectivity index is 1.61. The molecule has 2 aliphatic heterocycles. The molecule has 2 aromatic rings. The fourth-order valence-corrected chi connectivity index (χ4v) is 3.05. The molecule has 0 aliphatic carbocycles. The van der Waals surface area contributed by atoms with Gasteiger partial charge in [0.15, 0.2) is 0 Å². The lowest BCUT2D eigenvalue weighted by Crippen LogP contribution is -2.28. The van der Waals surface area contributed by atoms with Crippen LogP contribution < -0.4 is 15.4 Å². The summed E-state index contributed by atoms with van der Waals surface area (Å²) in [7, 11) is 0. The van der Waals surface area contributed by atoms with Crippen molar-refractivity contribution in [2.45, 2.75) is 58.0 Å². The highest BCUT2D eigenvalue weighted by atomic mass is 16.6. The summed E-state index contributed by atoms with van der Waals surface area (Å²) >= 11 is 0.